The fraction of sp³-hybridized carbons (Fsp3) is 0.778. The molecule has 3 aliphatic rings. The molecule has 1 nitrogen and oxygen atoms in total. The maximum atomic E-state index is 15.1. The Morgan fingerprint density at radius 1 is 0.583 bits per heavy atom. The lowest BCUT2D eigenvalue weighted by molar-refractivity contribution is -0.238. The van der Waals surface area contributed by atoms with Crippen LogP contribution in [0.3, 0.4) is 0 Å². The maximum Gasteiger partial charge on any atom is 0.394 e. The second-order valence-corrected chi connectivity index (χ2v) is 12.7. The van der Waals surface area contributed by atoms with E-state index in [-0.39, 0.29) is 16.7 Å². The van der Waals surface area contributed by atoms with Crippen LogP contribution in [0.4, 0.5) is 26.3 Å². The molecule has 9 heteroatoms. The summed E-state index contributed by atoms with van der Waals surface area (Å²) in [5.74, 6) is -5.48. The third-order valence-electron chi connectivity index (χ3n) is 8.41. The molecule has 204 valence electrons. The van der Waals surface area contributed by atoms with Gasteiger partial charge in [-0.05, 0) is 84.7 Å². The Bertz CT molecular complexity index is 836. The molecule has 0 unspecified atom stereocenters. The molecule has 0 amide bonds. The molecule has 4 rings (SSSR count). The summed E-state index contributed by atoms with van der Waals surface area (Å²) in [6.45, 7) is 0. The average molecular weight is 555 g/mol. The highest BCUT2D eigenvalue weighted by Gasteiger charge is 2.73. The Morgan fingerprint density at radius 2 is 0.972 bits per heavy atom. The van der Waals surface area contributed by atoms with Gasteiger partial charge in [-0.3, -0.25) is 0 Å². The lowest BCUT2D eigenvalue weighted by Gasteiger charge is -2.35. The van der Waals surface area contributed by atoms with Gasteiger partial charge < -0.3 is 4.55 Å². The van der Waals surface area contributed by atoms with Crippen LogP contribution in [0.15, 0.2) is 17.0 Å². The normalized spacial score (nSPS) is 22.2. The van der Waals surface area contributed by atoms with Crippen LogP contribution in [-0.2, 0) is 0 Å². The highest BCUT2D eigenvalue weighted by molar-refractivity contribution is 8.00. The van der Waals surface area contributed by atoms with Crippen molar-refractivity contribution in [1.29, 1.82) is 0 Å². The first-order chi connectivity index (χ1) is 17.1. The first-order valence-electron chi connectivity index (χ1n) is 13.4. The molecular weight excluding hydrogens is 518 g/mol. The first-order valence-corrected chi connectivity index (χ1v) is 15.0. The highest BCUT2D eigenvalue weighted by atomic mass is 32.2. The molecule has 0 aliphatic heterocycles. The fourth-order valence-corrected chi connectivity index (χ4v) is 7.85. The summed E-state index contributed by atoms with van der Waals surface area (Å²) in [5, 5.41) is -10.4. The second-order valence-electron chi connectivity index (χ2n) is 10.8. The lowest BCUT2D eigenvalue weighted by Crippen LogP contribution is -2.50. The largest absolute Gasteiger partial charge is 0.394 e. The Hall–Kier alpha value is -0.540. The van der Waals surface area contributed by atoms with Crippen molar-refractivity contribution < 1.29 is 30.9 Å². The van der Waals surface area contributed by atoms with Gasteiger partial charge in [0.2, 0.25) is 0 Å². The van der Waals surface area contributed by atoms with Crippen molar-refractivity contribution in [1.82, 2.24) is 0 Å². The van der Waals surface area contributed by atoms with Crippen LogP contribution in [0.1, 0.15) is 131 Å². The Balaban J connectivity index is 1.83. The van der Waals surface area contributed by atoms with Crippen LogP contribution in [0.2, 0.25) is 0 Å². The van der Waals surface area contributed by atoms with Crippen molar-refractivity contribution >= 4 is 23.8 Å². The van der Waals surface area contributed by atoms with E-state index in [1.807, 2.05) is 12.1 Å². The van der Waals surface area contributed by atoms with Crippen molar-refractivity contribution in [2.45, 2.75) is 135 Å². The SMILES string of the molecule is OSC(F)(F)C(F)(F)C(F)(F)Sc1c(C2CCCCC2)cc(C2CCCCC2)cc1C1CCCCC1. The molecule has 0 radical (unpaired) electrons. The van der Waals surface area contributed by atoms with E-state index in [4.69, 9.17) is 4.55 Å². The zero-order chi connectivity index (χ0) is 26.0. The molecule has 0 heterocycles. The quantitative estimate of drug-likeness (QED) is 0.196. The molecule has 0 aromatic heterocycles. The number of halogens is 6. The zero-order valence-corrected chi connectivity index (χ0v) is 22.2. The number of hydrogen-bond donors (Lipinski definition) is 1. The minimum absolute atomic E-state index is 0.0377. The van der Waals surface area contributed by atoms with E-state index in [0.29, 0.717) is 17.0 Å². The van der Waals surface area contributed by atoms with E-state index in [9.17, 15) is 17.6 Å². The zero-order valence-electron chi connectivity index (χ0n) is 20.5. The molecule has 0 atom stereocenters. The number of benzene rings is 1. The third kappa shape index (κ3) is 5.88. The van der Waals surface area contributed by atoms with Gasteiger partial charge in [-0.1, -0.05) is 69.9 Å². The van der Waals surface area contributed by atoms with Crippen molar-refractivity contribution in [2.75, 3.05) is 0 Å². The molecule has 3 fully saturated rings. The smallest absolute Gasteiger partial charge is 0.325 e. The molecule has 3 aliphatic carbocycles. The van der Waals surface area contributed by atoms with Gasteiger partial charge in [0, 0.05) is 4.90 Å². The van der Waals surface area contributed by atoms with Crippen LogP contribution in [-0.4, -0.2) is 21.0 Å². The van der Waals surface area contributed by atoms with Gasteiger partial charge in [0.15, 0.2) is 0 Å². The van der Waals surface area contributed by atoms with Gasteiger partial charge in [0.25, 0.3) is 0 Å². The summed E-state index contributed by atoms with van der Waals surface area (Å²) in [6.07, 6.45) is 14.4. The van der Waals surface area contributed by atoms with E-state index in [0.717, 1.165) is 95.5 Å². The Labute approximate surface area is 218 Å². The molecule has 1 N–H and O–H groups in total. The van der Waals surface area contributed by atoms with Gasteiger partial charge >= 0.3 is 16.4 Å². The van der Waals surface area contributed by atoms with Crippen LogP contribution < -0.4 is 0 Å². The fourth-order valence-electron chi connectivity index (χ4n) is 6.34. The Morgan fingerprint density at radius 3 is 1.36 bits per heavy atom. The van der Waals surface area contributed by atoms with Crippen LogP contribution in [0, 0.1) is 0 Å². The molecule has 0 spiro atoms. The molecule has 3 saturated carbocycles. The van der Waals surface area contributed by atoms with Crippen LogP contribution in [0.5, 0.6) is 0 Å². The van der Waals surface area contributed by atoms with Gasteiger partial charge in [-0.2, -0.15) is 26.3 Å². The lowest BCUT2D eigenvalue weighted by atomic mass is 9.76. The van der Waals surface area contributed by atoms with Crippen molar-refractivity contribution in [3.05, 3.63) is 28.8 Å². The van der Waals surface area contributed by atoms with Crippen LogP contribution in [0.25, 0.3) is 0 Å². The predicted octanol–water partition coefficient (Wildman–Crippen LogP) is 10.9. The molecule has 0 saturated heterocycles. The molecular formula is C27H36F6OS2. The molecule has 1 aromatic rings. The highest BCUT2D eigenvalue weighted by Crippen LogP contribution is 2.59. The number of thioether (sulfide) groups is 1. The van der Waals surface area contributed by atoms with Crippen molar-refractivity contribution in [3.63, 3.8) is 0 Å². The van der Waals surface area contributed by atoms with E-state index >= 15 is 8.78 Å². The first kappa shape index (κ1) is 28.5. The molecule has 36 heavy (non-hydrogen) atoms. The number of hydrogen-bond acceptors (Lipinski definition) is 3. The number of rotatable bonds is 8. The van der Waals surface area contributed by atoms with Gasteiger partial charge in [0.05, 0.1) is 12.0 Å². The van der Waals surface area contributed by atoms with Gasteiger partial charge in [-0.25, -0.2) is 0 Å². The summed E-state index contributed by atoms with van der Waals surface area (Å²) < 4.78 is 95.6. The molecule has 1 aromatic carbocycles. The van der Waals surface area contributed by atoms with Crippen molar-refractivity contribution in [3.8, 4) is 0 Å². The Kier molecular flexibility index (Phi) is 9.24. The van der Waals surface area contributed by atoms with E-state index in [1.54, 1.807) is 0 Å². The topological polar surface area (TPSA) is 20.2 Å². The summed E-state index contributed by atoms with van der Waals surface area (Å²) >= 11 is -1.92. The van der Waals surface area contributed by atoms with Gasteiger partial charge in [-0.15, -0.1) is 0 Å². The van der Waals surface area contributed by atoms with Crippen LogP contribution >= 0.6 is 23.8 Å². The van der Waals surface area contributed by atoms with Gasteiger partial charge in [0.1, 0.15) is 0 Å². The minimum Gasteiger partial charge on any atom is -0.325 e. The average Bonchev–Trinajstić information content (AvgIpc) is 2.90. The molecule has 0 bridgehead atoms. The number of alkyl halides is 6. The van der Waals surface area contributed by atoms with E-state index in [1.165, 1.54) is 6.42 Å². The third-order valence-corrected chi connectivity index (χ3v) is 10.1. The summed E-state index contributed by atoms with van der Waals surface area (Å²) in [7, 11) is 0. The van der Waals surface area contributed by atoms with E-state index < -0.39 is 40.2 Å². The summed E-state index contributed by atoms with van der Waals surface area (Å²) in [5.41, 5.74) is 2.41. The summed E-state index contributed by atoms with van der Waals surface area (Å²) in [6, 6.07) is 3.90. The maximum absolute atomic E-state index is 15.1. The standard InChI is InChI=1S/C27H36F6OS2/c28-25(29,27(32,33)36-34)26(30,31)35-24-22(19-12-6-2-7-13-19)16-21(18-10-4-1-5-11-18)17-23(24)20-14-8-3-9-15-20/h16-20,34H,1-15H2. The second kappa shape index (κ2) is 11.7. The van der Waals surface area contributed by atoms with Crippen molar-refractivity contribution in [2.24, 2.45) is 0 Å². The monoisotopic (exact) mass is 554 g/mol. The predicted molar refractivity (Wildman–Crippen MR) is 135 cm³/mol. The minimum atomic E-state index is -5.72. The van der Waals surface area contributed by atoms with E-state index in [2.05, 4.69) is 0 Å². The summed E-state index contributed by atoms with van der Waals surface area (Å²) in [4.78, 5) is 0.0803.